The second-order valence-electron chi connectivity index (χ2n) is 5.64. The molecule has 0 heterocycles. The number of aliphatic hydroxyl groups is 1. The smallest absolute Gasteiger partial charge is 0.746 e. The fourth-order valence-corrected chi connectivity index (χ4v) is 4.15. The molecule has 2 aliphatic carbocycles. The van der Waals surface area contributed by atoms with E-state index in [0.29, 0.717) is 24.7 Å². The SMILES string of the molecule is O=S(=O)([O-])C1(O)CCC(C2CCCCC2)CC1.[Na+]. The van der Waals surface area contributed by atoms with Crippen LogP contribution in [-0.2, 0) is 10.1 Å². The molecule has 18 heavy (non-hydrogen) atoms. The van der Waals surface area contributed by atoms with Crippen molar-refractivity contribution in [3.8, 4) is 0 Å². The molecule has 1 N–H and O–H groups in total. The van der Waals surface area contributed by atoms with Gasteiger partial charge in [0.1, 0.15) is 10.1 Å². The van der Waals surface area contributed by atoms with Crippen molar-refractivity contribution in [1.82, 2.24) is 0 Å². The Labute approximate surface area is 132 Å². The Hall–Kier alpha value is 0.870. The van der Waals surface area contributed by atoms with Gasteiger partial charge in [0, 0.05) is 0 Å². The summed E-state index contributed by atoms with van der Waals surface area (Å²) in [7, 11) is -4.57. The molecule has 0 aromatic heterocycles. The Bertz CT molecular complexity index is 354. The zero-order chi connectivity index (χ0) is 12.5. The molecule has 0 amide bonds. The molecule has 0 aromatic rings. The van der Waals surface area contributed by atoms with Crippen molar-refractivity contribution >= 4 is 10.1 Å². The molecule has 2 rings (SSSR count). The van der Waals surface area contributed by atoms with Crippen LogP contribution in [0.25, 0.3) is 0 Å². The zero-order valence-corrected chi connectivity index (χ0v) is 13.9. The average molecular weight is 284 g/mol. The maximum atomic E-state index is 11.0. The Kier molecular flexibility index (Phi) is 6.16. The predicted octanol–water partition coefficient (Wildman–Crippen LogP) is -1.01. The van der Waals surface area contributed by atoms with Crippen LogP contribution in [0, 0.1) is 11.8 Å². The van der Waals surface area contributed by atoms with Gasteiger partial charge in [-0.1, -0.05) is 32.1 Å². The van der Waals surface area contributed by atoms with Crippen molar-refractivity contribution in [2.45, 2.75) is 62.7 Å². The van der Waals surface area contributed by atoms with Crippen molar-refractivity contribution in [2.24, 2.45) is 11.8 Å². The standard InChI is InChI=1S/C12H22O4S.Na/c13-12(17(14,15)16)8-6-11(7-9-12)10-4-2-1-3-5-10;/h10-11,13H,1-9H2,(H,14,15,16);/q;+1/p-1. The maximum Gasteiger partial charge on any atom is 1.00 e. The Morgan fingerprint density at radius 3 is 1.83 bits per heavy atom. The molecule has 0 bridgehead atoms. The third-order valence-corrected chi connectivity index (χ3v) is 5.93. The predicted molar refractivity (Wildman–Crippen MR) is 63.2 cm³/mol. The molecule has 0 unspecified atom stereocenters. The minimum absolute atomic E-state index is 0. The zero-order valence-electron chi connectivity index (χ0n) is 11.1. The van der Waals surface area contributed by atoms with E-state index in [1.54, 1.807) is 0 Å². The summed E-state index contributed by atoms with van der Waals surface area (Å²) in [5, 5.41) is 9.82. The number of rotatable bonds is 2. The van der Waals surface area contributed by atoms with Crippen molar-refractivity contribution in [3.63, 3.8) is 0 Å². The Morgan fingerprint density at radius 1 is 0.944 bits per heavy atom. The molecular formula is C12H21NaO4S. The quantitative estimate of drug-likeness (QED) is 0.521. The Morgan fingerprint density at radius 2 is 1.39 bits per heavy atom. The van der Waals surface area contributed by atoms with Gasteiger partial charge in [-0.15, -0.1) is 0 Å². The second kappa shape index (κ2) is 6.55. The summed E-state index contributed by atoms with van der Waals surface area (Å²) in [4.78, 5) is -1.99. The molecule has 0 radical (unpaired) electrons. The van der Waals surface area contributed by atoms with Gasteiger partial charge in [0.05, 0.1) is 0 Å². The number of hydrogen-bond acceptors (Lipinski definition) is 4. The van der Waals surface area contributed by atoms with E-state index in [-0.39, 0.29) is 42.4 Å². The van der Waals surface area contributed by atoms with Crippen molar-refractivity contribution in [1.29, 1.82) is 0 Å². The van der Waals surface area contributed by atoms with Gasteiger partial charge in [0.2, 0.25) is 0 Å². The third-order valence-electron chi connectivity index (χ3n) is 4.59. The van der Waals surface area contributed by atoms with E-state index in [0.717, 1.165) is 0 Å². The first kappa shape index (κ1) is 16.9. The molecule has 4 nitrogen and oxygen atoms in total. The van der Waals surface area contributed by atoms with Crippen LogP contribution in [-0.4, -0.2) is 23.0 Å². The van der Waals surface area contributed by atoms with E-state index in [9.17, 15) is 18.1 Å². The minimum atomic E-state index is -4.57. The van der Waals surface area contributed by atoms with Gasteiger partial charge in [0.25, 0.3) is 0 Å². The van der Waals surface area contributed by atoms with Gasteiger partial charge in [-0.2, -0.15) is 0 Å². The first-order chi connectivity index (χ1) is 7.92. The van der Waals surface area contributed by atoms with Gasteiger partial charge < -0.3 is 9.66 Å². The van der Waals surface area contributed by atoms with Gasteiger partial charge >= 0.3 is 29.6 Å². The minimum Gasteiger partial charge on any atom is -0.746 e. The summed E-state index contributed by atoms with van der Waals surface area (Å²) >= 11 is 0. The molecule has 2 aliphatic rings. The van der Waals surface area contributed by atoms with E-state index >= 15 is 0 Å². The fourth-order valence-electron chi connectivity index (χ4n) is 3.42. The topological polar surface area (TPSA) is 77.4 Å². The van der Waals surface area contributed by atoms with E-state index in [2.05, 4.69) is 0 Å². The summed E-state index contributed by atoms with van der Waals surface area (Å²) in [6.45, 7) is 0. The fraction of sp³-hybridized carbons (Fsp3) is 1.00. The molecule has 0 aromatic carbocycles. The summed E-state index contributed by atoms with van der Waals surface area (Å²) in [6.07, 6.45) is 7.92. The van der Waals surface area contributed by atoms with Crippen molar-refractivity contribution in [3.05, 3.63) is 0 Å². The van der Waals surface area contributed by atoms with Gasteiger partial charge in [-0.05, 0) is 37.5 Å². The molecule has 0 spiro atoms. The molecule has 100 valence electrons. The van der Waals surface area contributed by atoms with E-state index < -0.39 is 15.1 Å². The second-order valence-corrected chi connectivity index (χ2v) is 7.30. The largest absolute Gasteiger partial charge is 1.00 e. The van der Waals surface area contributed by atoms with E-state index in [4.69, 9.17) is 0 Å². The van der Waals surface area contributed by atoms with Crippen molar-refractivity contribution < 1.29 is 47.6 Å². The molecule has 0 aliphatic heterocycles. The van der Waals surface area contributed by atoms with Gasteiger partial charge in [-0.25, -0.2) is 8.42 Å². The molecule has 2 saturated carbocycles. The summed E-state index contributed by atoms with van der Waals surface area (Å²) in [6, 6.07) is 0. The molecular weight excluding hydrogens is 263 g/mol. The Balaban J connectivity index is 0.00000162. The summed E-state index contributed by atoms with van der Waals surface area (Å²) in [5.41, 5.74) is 0. The van der Waals surface area contributed by atoms with Crippen LogP contribution in [0.5, 0.6) is 0 Å². The van der Waals surface area contributed by atoms with E-state index in [1.807, 2.05) is 0 Å². The number of hydrogen-bond donors (Lipinski definition) is 1. The van der Waals surface area contributed by atoms with Gasteiger partial charge in [-0.3, -0.25) is 0 Å². The summed E-state index contributed by atoms with van der Waals surface area (Å²) < 4.78 is 33.0. The first-order valence-corrected chi connectivity index (χ1v) is 8.01. The van der Waals surface area contributed by atoms with Crippen LogP contribution in [0.2, 0.25) is 0 Å². The monoisotopic (exact) mass is 284 g/mol. The van der Waals surface area contributed by atoms with Crippen LogP contribution in [0.15, 0.2) is 0 Å². The molecule has 2 fully saturated rings. The van der Waals surface area contributed by atoms with Gasteiger partial charge in [0.15, 0.2) is 4.93 Å². The van der Waals surface area contributed by atoms with E-state index in [1.165, 1.54) is 32.1 Å². The normalized spacial score (nSPS) is 34.9. The summed E-state index contributed by atoms with van der Waals surface area (Å²) in [5.74, 6) is 1.19. The van der Waals surface area contributed by atoms with Crippen LogP contribution in [0.1, 0.15) is 57.8 Å². The van der Waals surface area contributed by atoms with Crippen LogP contribution >= 0.6 is 0 Å². The molecule has 0 saturated heterocycles. The molecule has 6 heteroatoms. The van der Waals surface area contributed by atoms with Crippen LogP contribution in [0.4, 0.5) is 0 Å². The third kappa shape index (κ3) is 3.70. The average Bonchev–Trinajstić information content (AvgIpc) is 2.30. The van der Waals surface area contributed by atoms with Crippen molar-refractivity contribution in [2.75, 3.05) is 0 Å². The van der Waals surface area contributed by atoms with Crippen LogP contribution < -0.4 is 29.6 Å². The maximum absolute atomic E-state index is 11.0. The first-order valence-electron chi connectivity index (χ1n) is 6.60. The van der Waals surface area contributed by atoms with Crippen LogP contribution in [0.3, 0.4) is 0 Å². The molecule has 0 atom stereocenters.